The van der Waals surface area contributed by atoms with Crippen LogP contribution in [0, 0.1) is 13.8 Å². The molecule has 0 fully saturated rings. The normalized spacial score (nSPS) is 12.1. The first kappa shape index (κ1) is 16.0. The van der Waals surface area contributed by atoms with Crippen LogP contribution < -0.4 is 14.7 Å². The number of benzene rings is 1. The van der Waals surface area contributed by atoms with Gasteiger partial charge in [-0.2, -0.15) is 4.21 Å². The van der Waals surface area contributed by atoms with Gasteiger partial charge in [0.25, 0.3) is 0 Å². The molecule has 126 valence electrons. The van der Waals surface area contributed by atoms with Gasteiger partial charge in [-0.05, 0) is 19.1 Å². The molecule has 2 heterocycles. The summed E-state index contributed by atoms with van der Waals surface area (Å²) in [6, 6.07) is 6.73. The Labute approximate surface area is 138 Å². The van der Waals surface area contributed by atoms with Gasteiger partial charge in [0.05, 0.1) is 7.11 Å². The van der Waals surface area contributed by atoms with Gasteiger partial charge in [-0.1, -0.05) is 22.4 Å². The number of aryl methyl sites for hydroxylation is 2. The molecule has 24 heavy (non-hydrogen) atoms. The van der Waals surface area contributed by atoms with Crippen LogP contribution in [0.3, 0.4) is 0 Å². The van der Waals surface area contributed by atoms with E-state index in [-0.39, 0.29) is 11.6 Å². The molecule has 0 aliphatic carbocycles. The van der Waals surface area contributed by atoms with Crippen molar-refractivity contribution < 1.29 is 22.2 Å². The number of methoxy groups -OCH3 is 1. The Morgan fingerprint density at radius 2 is 2.00 bits per heavy atom. The highest BCUT2D eigenvalue weighted by Gasteiger charge is 2.23. The monoisotopic (exact) mass is 351 g/mol. The van der Waals surface area contributed by atoms with E-state index in [1.54, 1.807) is 38.1 Å². The molecule has 3 aromatic rings. The lowest BCUT2D eigenvalue weighted by Gasteiger charge is -2.06. The lowest BCUT2D eigenvalue weighted by molar-refractivity contribution is 0.383. The zero-order valence-corrected chi connectivity index (χ0v) is 13.8. The molecule has 10 heteroatoms. The number of ether oxygens (including phenoxy) is 1. The van der Waals surface area contributed by atoms with Crippen molar-refractivity contribution in [2.75, 3.05) is 7.11 Å². The molecule has 0 spiro atoms. The Hall–Kier alpha value is -2.88. The van der Waals surface area contributed by atoms with E-state index in [1.807, 2.05) is 0 Å². The molecule has 1 atom stereocenters. The predicted molar refractivity (Wildman–Crippen MR) is 82.9 cm³/mol. The van der Waals surface area contributed by atoms with Gasteiger partial charge >= 0.3 is 17.0 Å². The molecule has 0 bridgehead atoms. The number of hydrogen-bond acceptors (Lipinski definition) is 8. The second-order valence-corrected chi connectivity index (χ2v) is 5.72. The smallest absolute Gasteiger partial charge is 0.456 e. The molecule has 0 N–H and O–H groups in total. The van der Waals surface area contributed by atoms with Gasteiger partial charge in [0.15, 0.2) is 5.76 Å². The highest BCUT2D eigenvalue weighted by Crippen LogP contribution is 2.25. The summed E-state index contributed by atoms with van der Waals surface area (Å²) in [6.07, 6.45) is 0. The standard InChI is InChI=1S/C14H13N3O6S/c1-8-12(9(2)21-15-8)23-24(19)17-13(16-22-14(17)18)10-5-4-6-11(7-10)20-3/h4-7H,1-3H3. The summed E-state index contributed by atoms with van der Waals surface area (Å²) in [5.74, 6) is 0.208. The number of rotatable bonds is 5. The SMILES string of the molecule is COc1cccc(-c2noc(=O)n2S(=O)Oc2c(C)noc2C)c1. The molecule has 0 radical (unpaired) electrons. The molecule has 1 unspecified atom stereocenters. The summed E-state index contributed by atoms with van der Waals surface area (Å²) < 4.78 is 33.3. The van der Waals surface area contributed by atoms with Gasteiger partial charge in [0.1, 0.15) is 11.4 Å². The second kappa shape index (κ2) is 6.32. The molecular weight excluding hydrogens is 338 g/mol. The molecule has 3 rings (SSSR count). The zero-order valence-electron chi connectivity index (χ0n) is 13.0. The van der Waals surface area contributed by atoms with Crippen molar-refractivity contribution in [3.63, 3.8) is 0 Å². The fraction of sp³-hybridized carbons (Fsp3) is 0.214. The molecule has 0 amide bonds. The Morgan fingerprint density at radius 1 is 1.21 bits per heavy atom. The molecule has 2 aromatic heterocycles. The minimum atomic E-state index is -2.23. The van der Waals surface area contributed by atoms with Gasteiger partial charge in [-0.3, -0.25) is 4.52 Å². The van der Waals surface area contributed by atoms with Crippen LogP contribution in [0.5, 0.6) is 11.5 Å². The third kappa shape index (κ3) is 2.83. The van der Waals surface area contributed by atoms with E-state index in [0.717, 1.165) is 3.97 Å². The van der Waals surface area contributed by atoms with Crippen molar-refractivity contribution in [3.8, 4) is 22.9 Å². The maximum atomic E-state index is 12.5. The Balaban J connectivity index is 2.01. The zero-order chi connectivity index (χ0) is 17.3. The van der Waals surface area contributed by atoms with E-state index >= 15 is 0 Å². The summed E-state index contributed by atoms with van der Waals surface area (Å²) in [6.45, 7) is 3.23. The average molecular weight is 351 g/mol. The third-order valence-electron chi connectivity index (χ3n) is 3.17. The highest BCUT2D eigenvalue weighted by atomic mass is 32.2. The summed E-state index contributed by atoms with van der Waals surface area (Å²) in [4.78, 5) is 11.9. The fourth-order valence-electron chi connectivity index (χ4n) is 2.01. The van der Waals surface area contributed by atoms with E-state index in [4.69, 9.17) is 13.4 Å². The average Bonchev–Trinajstić information content (AvgIpc) is 3.12. The minimum absolute atomic E-state index is 0.0454. The van der Waals surface area contributed by atoms with Crippen molar-refractivity contribution in [3.05, 3.63) is 46.3 Å². The number of hydrogen-bond donors (Lipinski definition) is 0. The van der Waals surface area contributed by atoms with Crippen molar-refractivity contribution >= 4 is 11.3 Å². The first-order valence-electron chi connectivity index (χ1n) is 6.78. The van der Waals surface area contributed by atoms with Crippen LogP contribution in [-0.2, 0) is 11.3 Å². The van der Waals surface area contributed by atoms with Crippen molar-refractivity contribution in [2.24, 2.45) is 0 Å². The molecule has 0 aliphatic heterocycles. The largest absolute Gasteiger partial charge is 0.497 e. The van der Waals surface area contributed by atoms with Gasteiger partial charge in [-0.25, -0.2) is 4.79 Å². The van der Waals surface area contributed by atoms with Gasteiger partial charge in [-0.15, -0.1) is 3.97 Å². The number of nitrogens with zero attached hydrogens (tertiary/aromatic N) is 3. The van der Waals surface area contributed by atoms with E-state index in [9.17, 15) is 9.00 Å². The van der Waals surface area contributed by atoms with Crippen LogP contribution in [0.1, 0.15) is 11.5 Å². The molecule has 0 saturated carbocycles. The van der Waals surface area contributed by atoms with Gasteiger partial charge in [0, 0.05) is 12.5 Å². The van der Waals surface area contributed by atoms with Crippen molar-refractivity contribution in [2.45, 2.75) is 13.8 Å². The van der Waals surface area contributed by atoms with E-state index in [2.05, 4.69) is 14.8 Å². The molecule has 0 saturated heterocycles. The summed E-state index contributed by atoms with van der Waals surface area (Å²) >= 11 is -2.23. The Morgan fingerprint density at radius 3 is 2.67 bits per heavy atom. The summed E-state index contributed by atoms with van der Waals surface area (Å²) in [5, 5.41) is 7.36. The van der Waals surface area contributed by atoms with E-state index in [1.165, 1.54) is 7.11 Å². The van der Waals surface area contributed by atoms with Crippen LogP contribution in [0.4, 0.5) is 0 Å². The van der Waals surface area contributed by atoms with Crippen molar-refractivity contribution in [1.82, 2.24) is 14.3 Å². The predicted octanol–water partition coefficient (Wildman–Crippen LogP) is 1.62. The van der Waals surface area contributed by atoms with E-state index in [0.29, 0.717) is 22.8 Å². The molecule has 0 aliphatic rings. The first-order valence-corrected chi connectivity index (χ1v) is 7.81. The molecular formula is C14H13N3O6S. The minimum Gasteiger partial charge on any atom is -0.497 e. The highest BCUT2D eigenvalue weighted by molar-refractivity contribution is 7.79. The second-order valence-electron chi connectivity index (χ2n) is 4.75. The lowest BCUT2D eigenvalue weighted by Crippen LogP contribution is -2.23. The quantitative estimate of drug-likeness (QED) is 0.682. The number of aromatic nitrogens is 3. The summed E-state index contributed by atoms with van der Waals surface area (Å²) in [5.41, 5.74) is 0.893. The van der Waals surface area contributed by atoms with E-state index < -0.39 is 17.0 Å². The summed E-state index contributed by atoms with van der Waals surface area (Å²) in [7, 11) is 1.51. The van der Waals surface area contributed by atoms with Crippen LogP contribution in [0.25, 0.3) is 11.4 Å². The lowest BCUT2D eigenvalue weighted by atomic mass is 10.2. The van der Waals surface area contributed by atoms with Gasteiger partial charge < -0.3 is 13.4 Å². The van der Waals surface area contributed by atoms with Crippen molar-refractivity contribution in [1.29, 1.82) is 0 Å². The van der Waals surface area contributed by atoms with Crippen LogP contribution in [-0.4, -0.2) is 25.6 Å². The fourth-order valence-corrected chi connectivity index (χ4v) is 2.90. The van der Waals surface area contributed by atoms with Crippen LogP contribution in [0.15, 0.2) is 38.1 Å². The third-order valence-corrected chi connectivity index (χ3v) is 4.10. The molecule has 1 aromatic carbocycles. The van der Waals surface area contributed by atoms with Gasteiger partial charge in [0.2, 0.25) is 11.6 Å². The molecule has 9 nitrogen and oxygen atoms in total. The van der Waals surface area contributed by atoms with Crippen LogP contribution >= 0.6 is 0 Å². The Bertz CT molecular complexity index is 938. The maximum Gasteiger partial charge on any atom is 0.456 e. The topological polar surface area (TPSA) is 110 Å². The first-order chi connectivity index (χ1) is 11.5. The Kier molecular flexibility index (Phi) is 4.21. The van der Waals surface area contributed by atoms with Crippen LogP contribution in [0.2, 0.25) is 0 Å². The maximum absolute atomic E-state index is 12.5.